The molecule has 1 heterocycles. The van der Waals surface area contributed by atoms with Crippen molar-refractivity contribution in [2.24, 2.45) is 0 Å². The summed E-state index contributed by atoms with van der Waals surface area (Å²) in [6.07, 6.45) is -0.963. The van der Waals surface area contributed by atoms with E-state index >= 15 is 0 Å². The van der Waals surface area contributed by atoms with Crippen molar-refractivity contribution in [2.45, 2.75) is 13.0 Å². The Hall–Kier alpha value is -2.25. The summed E-state index contributed by atoms with van der Waals surface area (Å²) < 4.78 is 31.8. The van der Waals surface area contributed by atoms with Gasteiger partial charge >= 0.3 is 0 Å². The minimum atomic E-state index is -3.53. The Balaban J connectivity index is 1.87. The molecule has 0 radical (unpaired) electrons. The van der Waals surface area contributed by atoms with Gasteiger partial charge in [0.25, 0.3) is 5.91 Å². The topological polar surface area (TPSA) is 75.7 Å². The minimum Gasteiger partial charge on any atom is -0.476 e. The number of benzene rings is 2. The van der Waals surface area contributed by atoms with Gasteiger partial charge < -0.3 is 10.1 Å². The molecule has 6 nitrogen and oxygen atoms in total. The maximum atomic E-state index is 12.5. The van der Waals surface area contributed by atoms with Gasteiger partial charge in [-0.15, -0.1) is 0 Å². The lowest BCUT2D eigenvalue weighted by molar-refractivity contribution is -0.122. The SMILES string of the molecule is CCS(=O)(=O)N1CC(C(=O)Nc2cccc(Cl)c2)Oc2ccccc21. The van der Waals surface area contributed by atoms with Crippen LogP contribution in [0, 0.1) is 0 Å². The average molecular weight is 381 g/mol. The number of hydrogen-bond donors (Lipinski definition) is 1. The number of carbonyl (C=O) groups excluding carboxylic acids is 1. The number of para-hydroxylation sites is 2. The fourth-order valence-electron chi connectivity index (χ4n) is 2.55. The predicted molar refractivity (Wildman–Crippen MR) is 97.7 cm³/mol. The highest BCUT2D eigenvalue weighted by molar-refractivity contribution is 7.92. The summed E-state index contributed by atoms with van der Waals surface area (Å²) >= 11 is 5.91. The van der Waals surface area contributed by atoms with Crippen molar-refractivity contribution in [3.63, 3.8) is 0 Å². The number of fused-ring (bicyclic) bond motifs is 1. The Kier molecular flexibility index (Phi) is 4.87. The molecule has 0 aromatic heterocycles. The fraction of sp³-hybridized carbons (Fsp3) is 0.235. The molecule has 0 bridgehead atoms. The summed E-state index contributed by atoms with van der Waals surface area (Å²) in [5.74, 6) is -0.144. The van der Waals surface area contributed by atoms with Gasteiger partial charge in [0.2, 0.25) is 10.0 Å². The zero-order chi connectivity index (χ0) is 18.0. The normalized spacial score (nSPS) is 16.7. The number of halogens is 1. The van der Waals surface area contributed by atoms with E-state index in [1.54, 1.807) is 55.5 Å². The number of hydrogen-bond acceptors (Lipinski definition) is 4. The molecule has 25 heavy (non-hydrogen) atoms. The van der Waals surface area contributed by atoms with Gasteiger partial charge in [-0.1, -0.05) is 29.8 Å². The average Bonchev–Trinajstić information content (AvgIpc) is 2.60. The van der Waals surface area contributed by atoms with E-state index in [1.807, 2.05) is 0 Å². The third-order valence-corrected chi connectivity index (χ3v) is 5.80. The van der Waals surface area contributed by atoms with E-state index in [0.29, 0.717) is 22.1 Å². The van der Waals surface area contributed by atoms with Gasteiger partial charge in [-0.3, -0.25) is 9.10 Å². The first-order valence-electron chi connectivity index (χ1n) is 7.73. The first kappa shape index (κ1) is 17.6. The molecular formula is C17H17ClN2O4S. The van der Waals surface area contributed by atoms with E-state index in [9.17, 15) is 13.2 Å². The Bertz CT molecular complexity index is 901. The second kappa shape index (κ2) is 6.93. The number of sulfonamides is 1. The minimum absolute atomic E-state index is 0.0655. The van der Waals surface area contributed by atoms with Crippen LogP contribution in [0.4, 0.5) is 11.4 Å². The first-order chi connectivity index (χ1) is 11.9. The van der Waals surface area contributed by atoms with Crippen molar-refractivity contribution in [1.29, 1.82) is 0 Å². The van der Waals surface area contributed by atoms with Gasteiger partial charge in [-0.25, -0.2) is 8.42 Å². The van der Waals surface area contributed by atoms with E-state index in [4.69, 9.17) is 16.3 Å². The lowest BCUT2D eigenvalue weighted by Gasteiger charge is -2.34. The van der Waals surface area contributed by atoms with Crippen molar-refractivity contribution in [3.05, 3.63) is 53.6 Å². The van der Waals surface area contributed by atoms with E-state index in [1.165, 1.54) is 4.31 Å². The summed E-state index contributed by atoms with van der Waals surface area (Å²) in [5, 5.41) is 3.19. The number of nitrogens with zero attached hydrogens (tertiary/aromatic N) is 1. The number of ether oxygens (including phenoxy) is 1. The Labute approximate surface area is 151 Å². The third-order valence-electron chi connectivity index (χ3n) is 3.82. The molecule has 1 amide bonds. The van der Waals surface area contributed by atoms with Crippen LogP contribution in [-0.2, 0) is 14.8 Å². The largest absolute Gasteiger partial charge is 0.476 e. The highest BCUT2D eigenvalue weighted by atomic mass is 35.5. The zero-order valence-corrected chi connectivity index (χ0v) is 15.0. The molecule has 1 aliphatic rings. The van der Waals surface area contributed by atoms with Crippen molar-refractivity contribution in [1.82, 2.24) is 0 Å². The van der Waals surface area contributed by atoms with Gasteiger partial charge in [-0.05, 0) is 37.3 Å². The third kappa shape index (κ3) is 3.72. The molecule has 0 saturated heterocycles. The molecular weight excluding hydrogens is 364 g/mol. The highest BCUT2D eigenvalue weighted by Gasteiger charge is 2.35. The number of rotatable bonds is 4. The van der Waals surface area contributed by atoms with Crippen LogP contribution in [0.5, 0.6) is 5.75 Å². The monoisotopic (exact) mass is 380 g/mol. The molecule has 0 spiro atoms. The molecule has 3 rings (SSSR count). The second-order valence-corrected chi connectivity index (χ2v) is 8.12. The maximum absolute atomic E-state index is 12.5. The molecule has 1 unspecified atom stereocenters. The molecule has 8 heteroatoms. The number of amides is 1. The number of nitrogens with one attached hydrogen (secondary N) is 1. The second-order valence-electron chi connectivity index (χ2n) is 5.51. The van der Waals surface area contributed by atoms with Crippen LogP contribution >= 0.6 is 11.6 Å². The maximum Gasteiger partial charge on any atom is 0.267 e. The molecule has 0 aliphatic carbocycles. The predicted octanol–water partition coefficient (Wildman–Crippen LogP) is 2.90. The van der Waals surface area contributed by atoms with Crippen molar-refractivity contribution in [3.8, 4) is 5.75 Å². The van der Waals surface area contributed by atoms with E-state index in [2.05, 4.69) is 5.32 Å². The van der Waals surface area contributed by atoms with E-state index < -0.39 is 22.0 Å². The van der Waals surface area contributed by atoms with Crippen LogP contribution in [0.3, 0.4) is 0 Å². The summed E-state index contributed by atoms with van der Waals surface area (Å²) in [5.41, 5.74) is 0.959. The van der Waals surface area contributed by atoms with Crippen LogP contribution < -0.4 is 14.4 Å². The summed E-state index contributed by atoms with van der Waals surface area (Å²) in [7, 11) is -3.53. The van der Waals surface area contributed by atoms with E-state index in [-0.39, 0.29) is 12.3 Å². The first-order valence-corrected chi connectivity index (χ1v) is 9.72. The van der Waals surface area contributed by atoms with Crippen LogP contribution in [0.25, 0.3) is 0 Å². The Morgan fingerprint density at radius 1 is 1.28 bits per heavy atom. The van der Waals surface area contributed by atoms with Crippen LogP contribution in [0.1, 0.15) is 6.92 Å². The quantitative estimate of drug-likeness (QED) is 0.884. The molecule has 2 aromatic carbocycles. The van der Waals surface area contributed by atoms with Gasteiger partial charge in [0.05, 0.1) is 18.0 Å². The molecule has 0 saturated carbocycles. The Morgan fingerprint density at radius 3 is 2.76 bits per heavy atom. The van der Waals surface area contributed by atoms with Gasteiger partial charge in [0.15, 0.2) is 6.10 Å². The molecule has 0 fully saturated rings. The molecule has 1 aliphatic heterocycles. The lowest BCUT2D eigenvalue weighted by atomic mass is 10.2. The smallest absolute Gasteiger partial charge is 0.267 e. The van der Waals surface area contributed by atoms with Gasteiger partial charge in [0, 0.05) is 10.7 Å². The molecule has 1 atom stereocenters. The highest BCUT2D eigenvalue weighted by Crippen LogP contribution is 2.35. The zero-order valence-electron chi connectivity index (χ0n) is 13.5. The summed E-state index contributed by atoms with van der Waals surface area (Å²) in [6, 6.07) is 13.5. The molecule has 132 valence electrons. The molecule has 2 aromatic rings. The lowest BCUT2D eigenvalue weighted by Crippen LogP contribution is -2.49. The van der Waals surface area contributed by atoms with Crippen molar-refractivity contribution >= 4 is 38.9 Å². The summed E-state index contributed by atoms with van der Waals surface area (Å²) in [4.78, 5) is 12.5. The summed E-state index contributed by atoms with van der Waals surface area (Å²) in [6.45, 7) is 1.48. The van der Waals surface area contributed by atoms with Crippen molar-refractivity contribution in [2.75, 3.05) is 21.9 Å². The van der Waals surface area contributed by atoms with Crippen LogP contribution in [0.15, 0.2) is 48.5 Å². The number of carbonyl (C=O) groups is 1. The standard InChI is InChI=1S/C17H17ClN2O4S/c1-2-25(22,23)20-11-16(24-15-9-4-3-8-14(15)20)17(21)19-13-7-5-6-12(18)10-13/h3-10,16H,2,11H2,1H3,(H,19,21). The van der Waals surface area contributed by atoms with E-state index in [0.717, 1.165) is 0 Å². The van der Waals surface area contributed by atoms with Gasteiger partial charge in [0.1, 0.15) is 5.75 Å². The van der Waals surface area contributed by atoms with Crippen LogP contribution in [0.2, 0.25) is 5.02 Å². The fourth-order valence-corrected chi connectivity index (χ4v) is 3.86. The van der Waals surface area contributed by atoms with Crippen LogP contribution in [-0.4, -0.2) is 32.7 Å². The van der Waals surface area contributed by atoms with Crippen molar-refractivity contribution < 1.29 is 17.9 Å². The number of anilines is 2. The van der Waals surface area contributed by atoms with Gasteiger partial charge in [-0.2, -0.15) is 0 Å². The molecule has 1 N–H and O–H groups in total. The Morgan fingerprint density at radius 2 is 2.04 bits per heavy atom.